The summed E-state index contributed by atoms with van der Waals surface area (Å²) in [5.74, 6) is 0. The normalized spacial score (nSPS) is 7.33. The Morgan fingerprint density at radius 3 is 2.17 bits per heavy atom. The second-order valence-corrected chi connectivity index (χ2v) is 13.7. The van der Waals surface area contributed by atoms with Crippen molar-refractivity contribution >= 4 is 40.0 Å². The molecule has 0 aliphatic heterocycles. The van der Waals surface area contributed by atoms with Crippen LogP contribution in [0.15, 0.2) is 12.3 Å². The summed E-state index contributed by atoms with van der Waals surface area (Å²) in [5.41, 5.74) is 2.12. The van der Waals surface area contributed by atoms with Gasteiger partial charge in [-0.1, -0.05) is 11.9 Å². The van der Waals surface area contributed by atoms with Crippen molar-refractivity contribution in [2.45, 2.75) is 13.8 Å². The van der Waals surface area contributed by atoms with Crippen LogP contribution in [0.5, 0.6) is 0 Å². The first kappa shape index (κ1) is 16.7. The van der Waals surface area contributed by atoms with Gasteiger partial charge in [-0.05, 0) is 6.92 Å². The summed E-state index contributed by atoms with van der Waals surface area (Å²) in [4.78, 5) is 4.02. The van der Waals surface area contributed by atoms with Gasteiger partial charge in [0.25, 0.3) is 0 Å². The fraction of sp³-hybridized carbons (Fsp3) is 0.286. The molecule has 0 unspecified atom stereocenters. The van der Waals surface area contributed by atoms with Gasteiger partial charge in [-0.2, -0.15) is 5.56 Å². The molecular formula is C7H8I2NVY-. The van der Waals surface area contributed by atoms with Gasteiger partial charge in [-0.3, -0.25) is 0 Å². The van der Waals surface area contributed by atoms with Crippen molar-refractivity contribution in [1.82, 2.24) is 4.98 Å². The summed E-state index contributed by atoms with van der Waals surface area (Å²) >= 11 is 4.74. The van der Waals surface area contributed by atoms with Crippen LogP contribution in [0.2, 0.25) is 0 Å². The summed E-state index contributed by atoms with van der Waals surface area (Å²) in [5, 5.41) is 0. The SMILES string of the molecule is Cc1c[c-]c(C)nc1.[I][V][I].[Y]. The molecule has 0 bridgehead atoms. The van der Waals surface area contributed by atoms with Gasteiger partial charge in [0.15, 0.2) is 0 Å². The Morgan fingerprint density at radius 2 is 1.92 bits per heavy atom. The van der Waals surface area contributed by atoms with Crippen molar-refractivity contribution in [2.24, 2.45) is 0 Å². The Bertz CT molecular complexity index is 172. The number of nitrogens with zero attached hydrogens (tertiary/aromatic N) is 1. The van der Waals surface area contributed by atoms with Gasteiger partial charge >= 0.3 is 49.4 Å². The van der Waals surface area contributed by atoms with E-state index in [2.05, 4.69) is 51.0 Å². The molecule has 0 saturated carbocycles. The van der Waals surface area contributed by atoms with Gasteiger partial charge in [0.05, 0.1) is 0 Å². The zero-order valence-electron chi connectivity index (χ0n) is 6.88. The zero-order chi connectivity index (χ0) is 8.69. The molecule has 1 radical (unpaired) electrons. The van der Waals surface area contributed by atoms with E-state index in [4.69, 9.17) is 0 Å². The molecule has 0 fully saturated rings. The summed E-state index contributed by atoms with van der Waals surface area (Å²) in [6.07, 6.45) is 1.84. The molecule has 12 heavy (non-hydrogen) atoms. The standard InChI is InChI=1S/C7H8N.2HI.V.Y/c1-6-3-4-7(2)8-5-6;;;;/h3,5H,1-2H3;2*1H;;/q-1;;;+2;/p-2. The molecule has 0 spiro atoms. The summed E-state index contributed by atoms with van der Waals surface area (Å²) < 4.78 is 0. The van der Waals surface area contributed by atoms with Crippen LogP contribution >= 0.6 is 40.0 Å². The minimum atomic E-state index is 0. The van der Waals surface area contributed by atoms with Crippen molar-refractivity contribution < 1.29 is 42.2 Å². The number of aromatic nitrogens is 1. The van der Waals surface area contributed by atoms with Crippen LogP contribution in [0.4, 0.5) is 0 Å². The molecule has 0 aliphatic carbocycles. The van der Waals surface area contributed by atoms with Crippen LogP contribution in [-0.4, -0.2) is 4.98 Å². The maximum atomic E-state index is 4.02. The molecule has 1 nitrogen and oxygen atoms in total. The molecule has 0 aromatic carbocycles. The minimum absolute atomic E-state index is 0. The second-order valence-electron chi connectivity index (χ2n) is 1.94. The summed E-state index contributed by atoms with van der Waals surface area (Å²) in [7, 11) is 0.628. The molecule has 1 rings (SSSR count). The number of rotatable bonds is 0. The van der Waals surface area contributed by atoms with Crippen LogP contribution in [0.3, 0.4) is 0 Å². The topological polar surface area (TPSA) is 12.9 Å². The van der Waals surface area contributed by atoms with Crippen LogP contribution in [0, 0.1) is 19.9 Å². The van der Waals surface area contributed by atoms with Gasteiger partial charge in [-0.15, -0.1) is 6.92 Å². The monoisotopic (exact) mass is 500 g/mol. The van der Waals surface area contributed by atoms with E-state index in [1.165, 1.54) is 0 Å². The molecule has 0 aliphatic rings. The van der Waals surface area contributed by atoms with Crippen molar-refractivity contribution in [2.75, 3.05) is 0 Å². The van der Waals surface area contributed by atoms with E-state index in [1.807, 2.05) is 26.1 Å². The van der Waals surface area contributed by atoms with Gasteiger partial charge in [0.1, 0.15) is 0 Å². The molecule has 64 valence electrons. The molecule has 0 N–H and O–H groups in total. The van der Waals surface area contributed by atoms with Gasteiger partial charge in [0.2, 0.25) is 0 Å². The molecule has 1 aromatic rings. The second kappa shape index (κ2) is 11.4. The third kappa shape index (κ3) is 10.4. The third-order valence-electron chi connectivity index (χ3n) is 0.971. The van der Waals surface area contributed by atoms with Crippen LogP contribution < -0.4 is 0 Å². The number of aryl methyl sites for hydroxylation is 2. The van der Waals surface area contributed by atoms with E-state index in [0.717, 1.165) is 11.3 Å². The largest absolute Gasteiger partial charge is 0 e. The van der Waals surface area contributed by atoms with Gasteiger partial charge in [0, 0.05) is 32.7 Å². The summed E-state index contributed by atoms with van der Waals surface area (Å²) in [6, 6.07) is 4.92. The van der Waals surface area contributed by atoms with Crippen molar-refractivity contribution in [3.8, 4) is 0 Å². The Hall–Kier alpha value is 2.30. The van der Waals surface area contributed by atoms with Crippen LogP contribution in [-0.2, 0) is 42.2 Å². The van der Waals surface area contributed by atoms with Crippen molar-refractivity contribution in [1.29, 1.82) is 0 Å². The maximum Gasteiger partial charge on any atom is 0 e. The molecule has 1 heterocycles. The fourth-order valence-corrected chi connectivity index (χ4v) is 0.491. The van der Waals surface area contributed by atoms with Gasteiger partial charge < -0.3 is 4.98 Å². The molecule has 1 aromatic heterocycles. The van der Waals surface area contributed by atoms with Crippen molar-refractivity contribution in [3.05, 3.63) is 29.6 Å². The van der Waals surface area contributed by atoms with Crippen molar-refractivity contribution in [3.63, 3.8) is 0 Å². The maximum absolute atomic E-state index is 4.02. The first-order chi connectivity index (χ1) is 5.20. The van der Waals surface area contributed by atoms with E-state index in [1.54, 1.807) is 0 Å². The summed E-state index contributed by atoms with van der Waals surface area (Å²) in [6.45, 7) is 3.93. The minimum Gasteiger partial charge on any atom is 0 e. The van der Waals surface area contributed by atoms with E-state index >= 15 is 0 Å². The fourth-order valence-electron chi connectivity index (χ4n) is 0.491. The number of hydrogen-bond donors (Lipinski definition) is 0. The number of pyridine rings is 1. The smallest absolute Gasteiger partial charge is 0 e. The average Bonchev–Trinajstić information content (AvgIpc) is 1.97. The predicted molar refractivity (Wildman–Crippen MR) is 60.6 cm³/mol. The Balaban J connectivity index is 0. The van der Waals surface area contributed by atoms with E-state index in [9.17, 15) is 0 Å². The average molecular weight is 500 g/mol. The third-order valence-corrected chi connectivity index (χ3v) is 0.971. The number of hydrogen-bond acceptors (Lipinski definition) is 1. The number of halogens is 2. The molecule has 0 amide bonds. The van der Waals surface area contributed by atoms with Crippen LogP contribution in [0.25, 0.3) is 0 Å². The molecular weight excluding hydrogens is 492 g/mol. The van der Waals surface area contributed by atoms with Gasteiger partial charge in [-0.25, -0.2) is 12.1 Å². The zero-order valence-corrected chi connectivity index (χ0v) is 15.4. The van der Waals surface area contributed by atoms with E-state index in [0.29, 0.717) is 9.47 Å². The molecule has 0 atom stereocenters. The Labute approximate surface area is 128 Å². The first-order valence-electron chi connectivity index (χ1n) is 2.94. The molecule has 5 heteroatoms. The predicted octanol–water partition coefficient (Wildman–Crippen LogP) is 3.27. The Morgan fingerprint density at radius 1 is 1.42 bits per heavy atom. The van der Waals surface area contributed by atoms with E-state index in [-0.39, 0.29) is 32.7 Å². The Kier molecular flexibility index (Phi) is 15.8. The quantitative estimate of drug-likeness (QED) is 0.394. The first-order valence-corrected chi connectivity index (χ1v) is 11.9. The van der Waals surface area contributed by atoms with Crippen LogP contribution in [0.1, 0.15) is 11.3 Å². The van der Waals surface area contributed by atoms with E-state index < -0.39 is 0 Å². The molecule has 0 saturated heterocycles.